The van der Waals surface area contributed by atoms with Crippen LogP contribution >= 0.6 is 0 Å². The van der Waals surface area contributed by atoms with E-state index >= 15 is 0 Å². The van der Waals surface area contributed by atoms with Gasteiger partial charge in [0.05, 0.1) is 12.5 Å². The molecule has 1 aliphatic heterocycles. The summed E-state index contributed by atoms with van der Waals surface area (Å²) in [5.74, 6) is -0.504. The van der Waals surface area contributed by atoms with Crippen LogP contribution in [0.1, 0.15) is 30.9 Å². The maximum absolute atomic E-state index is 12.3. The van der Waals surface area contributed by atoms with Gasteiger partial charge in [-0.2, -0.15) is 0 Å². The average Bonchev–Trinajstić information content (AvgIpc) is 2.86. The number of benzene rings is 2. The number of esters is 2. The Morgan fingerprint density at radius 3 is 2.33 bits per heavy atom. The van der Waals surface area contributed by atoms with E-state index in [9.17, 15) is 14.4 Å². The molecule has 1 heterocycles. The molecule has 0 atom stereocenters. The molecule has 0 N–H and O–H groups in total. The molecule has 0 aromatic heterocycles. The van der Waals surface area contributed by atoms with Gasteiger partial charge in [-0.25, -0.2) is 4.79 Å². The summed E-state index contributed by atoms with van der Waals surface area (Å²) in [7, 11) is 0. The molecule has 7 heteroatoms. The smallest absolute Gasteiger partial charge is 0.331 e. The first-order valence-electron chi connectivity index (χ1n) is 11.1. The molecule has 2 aromatic rings. The zero-order chi connectivity index (χ0) is 23.5. The number of likely N-dealkylation sites (tertiary alicyclic amines) is 1. The number of hydrogen-bond acceptors (Lipinski definition) is 6. The van der Waals surface area contributed by atoms with Gasteiger partial charge in [-0.15, -0.1) is 0 Å². The van der Waals surface area contributed by atoms with Crippen LogP contribution in [0.5, 0.6) is 5.75 Å². The van der Waals surface area contributed by atoms with E-state index in [4.69, 9.17) is 14.2 Å². The molecule has 174 valence electrons. The lowest BCUT2D eigenvalue weighted by molar-refractivity contribution is -0.153. The van der Waals surface area contributed by atoms with Crippen molar-refractivity contribution in [3.63, 3.8) is 0 Å². The Balaban J connectivity index is 1.37. The molecule has 0 saturated carbocycles. The van der Waals surface area contributed by atoms with Crippen LogP contribution in [0.25, 0.3) is 6.08 Å². The van der Waals surface area contributed by atoms with Crippen molar-refractivity contribution in [3.05, 3.63) is 71.8 Å². The van der Waals surface area contributed by atoms with E-state index in [1.807, 2.05) is 54.6 Å². The van der Waals surface area contributed by atoms with Gasteiger partial charge in [-0.1, -0.05) is 42.5 Å². The van der Waals surface area contributed by atoms with E-state index in [-0.39, 0.29) is 24.4 Å². The highest BCUT2D eigenvalue weighted by Crippen LogP contribution is 2.19. The number of hydrogen-bond donors (Lipinski definition) is 0. The zero-order valence-electron chi connectivity index (χ0n) is 18.8. The van der Waals surface area contributed by atoms with Crippen molar-refractivity contribution < 1.29 is 28.6 Å². The molecule has 33 heavy (non-hydrogen) atoms. The van der Waals surface area contributed by atoms with Crippen molar-refractivity contribution in [3.8, 4) is 5.75 Å². The van der Waals surface area contributed by atoms with Crippen molar-refractivity contribution in [2.24, 2.45) is 5.92 Å². The number of carbonyl (C=O) groups is 3. The van der Waals surface area contributed by atoms with E-state index in [1.165, 1.54) is 6.08 Å². The summed E-state index contributed by atoms with van der Waals surface area (Å²) < 4.78 is 15.8. The Morgan fingerprint density at radius 2 is 1.67 bits per heavy atom. The first-order chi connectivity index (χ1) is 16.0. The number of rotatable bonds is 9. The first-order valence-corrected chi connectivity index (χ1v) is 11.1. The summed E-state index contributed by atoms with van der Waals surface area (Å²) in [6.45, 7) is 3.20. The Labute approximate surface area is 193 Å². The molecule has 1 aliphatic rings. The maximum atomic E-state index is 12.3. The van der Waals surface area contributed by atoms with Crippen molar-refractivity contribution >= 4 is 23.9 Å². The fraction of sp³-hybridized carbons (Fsp3) is 0.346. The molecule has 2 aromatic carbocycles. The van der Waals surface area contributed by atoms with Crippen LogP contribution in [0.3, 0.4) is 0 Å². The standard InChI is InChI=1S/C26H29NO6/c1-2-31-26(30)22-14-16-27(17-15-22)24(28)19-33-25(29)13-10-20-8-11-23(12-9-20)32-18-21-6-4-3-5-7-21/h3-13,22H,2,14-19H2,1H3/b13-10+. The number of piperidine rings is 1. The van der Waals surface area contributed by atoms with Gasteiger partial charge in [-0.05, 0) is 49.1 Å². The van der Waals surface area contributed by atoms with Crippen LogP contribution in [0.4, 0.5) is 0 Å². The number of amides is 1. The van der Waals surface area contributed by atoms with Crippen molar-refractivity contribution in [1.29, 1.82) is 0 Å². The van der Waals surface area contributed by atoms with Crippen molar-refractivity contribution in [2.75, 3.05) is 26.3 Å². The van der Waals surface area contributed by atoms with E-state index in [0.29, 0.717) is 39.1 Å². The second-order valence-electron chi connectivity index (χ2n) is 7.69. The van der Waals surface area contributed by atoms with E-state index in [2.05, 4.69) is 0 Å². The molecular weight excluding hydrogens is 422 g/mol. The molecule has 0 spiro atoms. The number of ether oxygens (including phenoxy) is 3. The molecule has 0 bridgehead atoms. The Bertz CT molecular complexity index is 947. The van der Waals surface area contributed by atoms with Gasteiger partial charge in [0, 0.05) is 19.2 Å². The molecule has 0 aliphatic carbocycles. The second kappa shape index (κ2) is 12.4. The summed E-state index contributed by atoms with van der Waals surface area (Å²) >= 11 is 0. The fourth-order valence-corrected chi connectivity index (χ4v) is 3.48. The van der Waals surface area contributed by atoms with Crippen molar-refractivity contribution in [1.82, 2.24) is 4.90 Å². The highest BCUT2D eigenvalue weighted by atomic mass is 16.5. The van der Waals surface area contributed by atoms with Gasteiger partial charge in [-0.3, -0.25) is 9.59 Å². The van der Waals surface area contributed by atoms with E-state index in [1.54, 1.807) is 17.9 Å². The minimum atomic E-state index is -0.589. The Hall–Kier alpha value is -3.61. The molecule has 3 rings (SSSR count). The molecule has 0 radical (unpaired) electrons. The monoisotopic (exact) mass is 451 g/mol. The highest BCUT2D eigenvalue weighted by Gasteiger charge is 2.28. The largest absolute Gasteiger partial charge is 0.489 e. The molecule has 0 unspecified atom stereocenters. The van der Waals surface area contributed by atoms with Gasteiger partial charge in [0.25, 0.3) is 5.91 Å². The highest BCUT2D eigenvalue weighted by molar-refractivity contribution is 5.89. The van der Waals surface area contributed by atoms with Crippen molar-refractivity contribution in [2.45, 2.75) is 26.4 Å². The normalized spacial score (nSPS) is 14.2. The SMILES string of the molecule is CCOC(=O)C1CCN(C(=O)COC(=O)/C=C/c2ccc(OCc3ccccc3)cc2)CC1. The third-order valence-corrected chi connectivity index (χ3v) is 5.35. The lowest BCUT2D eigenvalue weighted by Crippen LogP contribution is -2.42. The zero-order valence-corrected chi connectivity index (χ0v) is 18.8. The first kappa shape index (κ1) is 24.0. The lowest BCUT2D eigenvalue weighted by atomic mass is 9.97. The molecule has 7 nitrogen and oxygen atoms in total. The summed E-state index contributed by atoms with van der Waals surface area (Å²) in [4.78, 5) is 37.6. The lowest BCUT2D eigenvalue weighted by Gasteiger charge is -2.30. The predicted molar refractivity (Wildman–Crippen MR) is 123 cm³/mol. The molecule has 1 amide bonds. The van der Waals surface area contributed by atoms with Gasteiger partial charge >= 0.3 is 11.9 Å². The van der Waals surface area contributed by atoms with Gasteiger partial charge < -0.3 is 19.1 Å². The maximum Gasteiger partial charge on any atom is 0.331 e. The minimum absolute atomic E-state index is 0.172. The van der Waals surface area contributed by atoms with E-state index in [0.717, 1.165) is 16.9 Å². The summed E-state index contributed by atoms with van der Waals surface area (Å²) in [6.07, 6.45) is 4.03. The average molecular weight is 452 g/mol. The molecule has 1 fully saturated rings. The quantitative estimate of drug-likeness (QED) is 0.428. The van der Waals surface area contributed by atoms with Gasteiger partial charge in [0.15, 0.2) is 6.61 Å². The Morgan fingerprint density at radius 1 is 0.970 bits per heavy atom. The fourth-order valence-electron chi connectivity index (χ4n) is 3.48. The predicted octanol–water partition coefficient (Wildman–Crippen LogP) is 3.62. The number of carbonyl (C=O) groups excluding carboxylic acids is 3. The molecular formula is C26H29NO6. The third-order valence-electron chi connectivity index (χ3n) is 5.35. The van der Waals surface area contributed by atoms with Crippen LogP contribution in [-0.4, -0.2) is 49.0 Å². The summed E-state index contributed by atoms with van der Waals surface area (Å²) in [5.41, 5.74) is 1.90. The second-order valence-corrected chi connectivity index (χ2v) is 7.69. The molecule has 1 saturated heterocycles. The van der Waals surface area contributed by atoms with Crippen LogP contribution in [0, 0.1) is 5.92 Å². The van der Waals surface area contributed by atoms with Gasteiger partial charge in [0.1, 0.15) is 12.4 Å². The summed E-state index contributed by atoms with van der Waals surface area (Å²) in [6, 6.07) is 17.2. The van der Waals surface area contributed by atoms with Crippen LogP contribution in [-0.2, 0) is 30.5 Å². The third kappa shape index (κ3) is 7.79. The van der Waals surface area contributed by atoms with Gasteiger partial charge in [0.2, 0.25) is 0 Å². The Kier molecular flexibility index (Phi) is 9.06. The topological polar surface area (TPSA) is 82.1 Å². The van der Waals surface area contributed by atoms with E-state index < -0.39 is 5.97 Å². The van der Waals surface area contributed by atoms with Crippen LogP contribution < -0.4 is 4.74 Å². The van der Waals surface area contributed by atoms with Crippen LogP contribution in [0.15, 0.2) is 60.7 Å². The summed E-state index contributed by atoms with van der Waals surface area (Å²) in [5, 5.41) is 0. The minimum Gasteiger partial charge on any atom is -0.489 e. The number of nitrogens with zero attached hydrogens (tertiary/aromatic N) is 1. The van der Waals surface area contributed by atoms with Crippen LogP contribution in [0.2, 0.25) is 0 Å².